The van der Waals surface area contributed by atoms with E-state index in [2.05, 4.69) is 26.3 Å². The second-order valence-corrected chi connectivity index (χ2v) is 7.29. The fraction of sp³-hybridized carbons (Fsp3) is 0.304. The average Bonchev–Trinajstić information content (AvgIpc) is 2.80. The van der Waals surface area contributed by atoms with E-state index in [0.29, 0.717) is 47.6 Å². The molecule has 0 amide bonds. The molecule has 8 heteroatoms. The summed E-state index contributed by atoms with van der Waals surface area (Å²) in [7, 11) is 0. The Balaban J connectivity index is 1.52. The summed E-state index contributed by atoms with van der Waals surface area (Å²) in [5.74, 6) is 0.986. The number of hydrogen-bond donors (Lipinski definition) is 2. The van der Waals surface area contributed by atoms with Crippen molar-refractivity contribution in [3.63, 3.8) is 0 Å². The molecule has 1 unspecified atom stereocenters. The van der Waals surface area contributed by atoms with E-state index in [0.717, 1.165) is 18.4 Å². The summed E-state index contributed by atoms with van der Waals surface area (Å²) in [6.45, 7) is 3.02. The number of benzene rings is 1. The first-order chi connectivity index (χ1) is 15.1. The highest BCUT2D eigenvalue weighted by Gasteiger charge is 2.17. The van der Waals surface area contributed by atoms with Crippen molar-refractivity contribution in [3.8, 4) is 23.1 Å². The Morgan fingerprint density at radius 1 is 1.19 bits per heavy atom. The van der Waals surface area contributed by atoms with E-state index in [-0.39, 0.29) is 6.10 Å². The van der Waals surface area contributed by atoms with E-state index in [1.54, 1.807) is 43.6 Å². The van der Waals surface area contributed by atoms with Gasteiger partial charge in [0.1, 0.15) is 17.9 Å². The van der Waals surface area contributed by atoms with Gasteiger partial charge in [0.25, 0.3) is 0 Å². The molecule has 1 atom stereocenters. The summed E-state index contributed by atoms with van der Waals surface area (Å²) in [5.41, 5.74) is 3.24. The van der Waals surface area contributed by atoms with Crippen molar-refractivity contribution in [2.75, 3.05) is 18.5 Å². The summed E-state index contributed by atoms with van der Waals surface area (Å²) in [5, 5.41) is 22.3. The number of pyridine rings is 1. The van der Waals surface area contributed by atoms with Crippen LogP contribution in [-0.4, -0.2) is 39.4 Å². The first-order valence-electron chi connectivity index (χ1n) is 10.2. The molecule has 3 heterocycles. The molecule has 8 nitrogen and oxygen atoms in total. The summed E-state index contributed by atoms with van der Waals surface area (Å²) >= 11 is 0. The fourth-order valence-corrected chi connectivity index (χ4v) is 3.29. The van der Waals surface area contributed by atoms with Crippen LogP contribution < -0.4 is 10.1 Å². The Morgan fingerprint density at radius 2 is 2.03 bits per heavy atom. The molecule has 0 saturated carbocycles. The quantitative estimate of drug-likeness (QED) is 0.623. The SMILES string of the molecule is CC(O)c1ccc(Nc2nccc(-c3ccc(OC4CCOCC4)c(C#N)c3)n2)cn1. The number of aromatic nitrogens is 3. The third-order valence-electron chi connectivity index (χ3n) is 4.98. The maximum atomic E-state index is 9.61. The number of nitrogens with one attached hydrogen (secondary N) is 1. The number of nitrogens with zero attached hydrogens (tertiary/aromatic N) is 4. The van der Waals surface area contributed by atoms with Crippen molar-refractivity contribution >= 4 is 11.6 Å². The van der Waals surface area contributed by atoms with Gasteiger partial charge >= 0.3 is 0 Å². The maximum Gasteiger partial charge on any atom is 0.227 e. The average molecular weight is 417 g/mol. The van der Waals surface area contributed by atoms with Crippen LogP contribution in [0, 0.1) is 11.3 Å². The molecule has 1 aliphatic heterocycles. The summed E-state index contributed by atoms with van der Waals surface area (Å²) in [6.07, 6.45) is 4.35. The van der Waals surface area contributed by atoms with Crippen LogP contribution >= 0.6 is 0 Å². The van der Waals surface area contributed by atoms with Crippen molar-refractivity contribution < 1.29 is 14.6 Å². The highest BCUT2D eigenvalue weighted by atomic mass is 16.5. The van der Waals surface area contributed by atoms with Crippen LogP contribution in [0.2, 0.25) is 0 Å². The monoisotopic (exact) mass is 417 g/mol. The predicted octanol–water partition coefficient (Wildman–Crippen LogP) is 3.76. The van der Waals surface area contributed by atoms with Gasteiger partial charge < -0.3 is 19.9 Å². The van der Waals surface area contributed by atoms with Gasteiger partial charge in [-0.05, 0) is 43.3 Å². The molecule has 0 spiro atoms. The van der Waals surface area contributed by atoms with Gasteiger partial charge in [0.15, 0.2) is 0 Å². The first-order valence-corrected chi connectivity index (χ1v) is 10.2. The molecule has 3 aromatic rings. The number of rotatable bonds is 6. The molecule has 0 radical (unpaired) electrons. The molecule has 2 aromatic heterocycles. The van der Waals surface area contributed by atoms with Crippen molar-refractivity contribution in [3.05, 3.63) is 60.0 Å². The van der Waals surface area contributed by atoms with Crippen LogP contribution in [0.15, 0.2) is 48.8 Å². The number of hydrogen-bond acceptors (Lipinski definition) is 8. The number of aliphatic hydroxyl groups is 1. The first kappa shape index (κ1) is 20.7. The largest absolute Gasteiger partial charge is 0.489 e. The van der Waals surface area contributed by atoms with Crippen LogP contribution in [0.1, 0.15) is 37.1 Å². The van der Waals surface area contributed by atoms with Gasteiger partial charge in [-0.15, -0.1) is 0 Å². The summed E-state index contributed by atoms with van der Waals surface area (Å²) in [6, 6.07) is 13.0. The highest BCUT2D eigenvalue weighted by Crippen LogP contribution is 2.28. The lowest BCUT2D eigenvalue weighted by Crippen LogP contribution is -2.26. The van der Waals surface area contributed by atoms with E-state index in [1.165, 1.54) is 0 Å². The molecule has 0 aliphatic carbocycles. The molecule has 1 aromatic carbocycles. The zero-order valence-corrected chi connectivity index (χ0v) is 17.2. The molecule has 0 bridgehead atoms. The number of aliphatic hydroxyl groups excluding tert-OH is 1. The van der Waals surface area contributed by atoms with Crippen molar-refractivity contribution in [1.29, 1.82) is 5.26 Å². The van der Waals surface area contributed by atoms with Crippen LogP contribution in [0.25, 0.3) is 11.3 Å². The molecule has 1 fully saturated rings. The Morgan fingerprint density at radius 3 is 2.74 bits per heavy atom. The van der Waals surface area contributed by atoms with Crippen LogP contribution in [0.3, 0.4) is 0 Å². The molecule has 2 N–H and O–H groups in total. The molecular weight excluding hydrogens is 394 g/mol. The van der Waals surface area contributed by atoms with E-state index in [1.807, 2.05) is 12.1 Å². The predicted molar refractivity (Wildman–Crippen MR) is 115 cm³/mol. The van der Waals surface area contributed by atoms with Gasteiger partial charge in [0.05, 0.1) is 48.2 Å². The molecule has 31 heavy (non-hydrogen) atoms. The van der Waals surface area contributed by atoms with Gasteiger partial charge in [-0.2, -0.15) is 5.26 Å². The second-order valence-electron chi connectivity index (χ2n) is 7.29. The lowest BCUT2D eigenvalue weighted by molar-refractivity contribution is 0.0254. The fourth-order valence-electron chi connectivity index (χ4n) is 3.29. The van der Waals surface area contributed by atoms with Gasteiger partial charge in [-0.25, -0.2) is 9.97 Å². The normalized spacial score (nSPS) is 15.1. The zero-order chi connectivity index (χ0) is 21.6. The minimum Gasteiger partial charge on any atom is -0.489 e. The van der Waals surface area contributed by atoms with Gasteiger partial charge in [-0.1, -0.05) is 0 Å². The topological polar surface area (TPSA) is 113 Å². The zero-order valence-electron chi connectivity index (χ0n) is 17.2. The molecule has 4 rings (SSSR count). The lowest BCUT2D eigenvalue weighted by Gasteiger charge is -2.23. The highest BCUT2D eigenvalue weighted by molar-refractivity contribution is 5.65. The third-order valence-corrected chi connectivity index (χ3v) is 4.98. The van der Waals surface area contributed by atoms with Crippen LogP contribution in [-0.2, 0) is 4.74 Å². The Bertz CT molecular complexity index is 1070. The Labute approximate surface area is 180 Å². The minimum absolute atomic E-state index is 0.0652. The number of anilines is 2. The van der Waals surface area contributed by atoms with E-state index < -0.39 is 6.10 Å². The van der Waals surface area contributed by atoms with E-state index in [4.69, 9.17) is 9.47 Å². The summed E-state index contributed by atoms with van der Waals surface area (Å²) in [4.78, 5) is 13.0. The van der Waals surface area contributed by atoms with Gasteiger partial charge in [0.2, 0.25) is 5.95 Å². The Hall–Kier alpha value is -3.54. The van der Waals surface area contributed by atoms with E-state index >= 15 is 0 Å². The van der Waals surface area contributed by atoms with Crippen molar-refractivity contribution in [1.82, 2.24) is 15.0 Å². The van der Waals surface area contributed by atoms with E-state index in [9.17, 15) is 10.4 Å². The van der Waals surface area contributed by atoms with Crippen molar-refractivity contribution in [2.45, 2.75) is 32.0 Å². The molecular formula is C23H23N5O3. The summed E-state index contributed by atoms with van der Waals surface area (Å²) < 4.78 is 11.4. The molecule has 1 aliphatic rings. The maximum absolute atomic E-state index is 9.61. The Kier molecular flexibility index (Phi) is 6.36. The number of ether oxygens (including phenoxy) is 2. The molecule has 158 valence electrons. The second kappa shape index (κ2) is 9.51. The third kappa shape index (κ3) is 5.15. The number of nitriles is 1. The minimum atomic E-state index is -0.624. The molecule has 1 saturated heterocycles. The van der Waals surface area contributed by atoms with Gasteiger partial charge in [0, 0.05) is 24.6 Å². The smallest absolute Gasteiger partial charge is 0.227 e. The standard InChI is InChI=1S/C23H23N5O3/c1-15(29)20-4-3-18(14-26-20)27-23-25-9-6-21(28-23)16-2-5-22(17(12-16)13-24)31-19-7-10-30-11-8-19/h2-6,9,12,14-15,19,29H,7-8,10-11H2,1H3,(H,25,27,28). The van der Waals surface area contributed by atoms with Crippen molar-refractivity contribution in [2.24, 2.45) is 0 Å². The lowest BCUT2D eigenvalue weighted by atomic mass is 10.1. The van der Waals surface area contributed by atoms with Gasteiger partial charge in [-0.3, -0.25) is 4.98 Å². The van der Waals surface area contributed by atoms with Crippen LogP contribution in [0.5, 0.6) is 5.75 Å². The van der Waals surface area contributed by atoms with Crippen LogP contribution in [0.4, 0.5) is 11.6 Å².